The van der Waals surface area contributed by atoms with E-state index in [4.69, 9.17) is 9.15 Å². The Hall–Kier alpha value is -2.95. The first-order valence-corrected chi connectivity index (χ1v) is 7.85. The van der Waals surface area contributed by atoms with E-state index < -0.39 is 0 Å². The highest BCUT2D eigenvalue weighted by atomic mass is 16.5. The van der Waals surface area contributed by atoms with Crippen molar-refractivity contribution in [3.8, 4) is 0 Å². The van der Waals surface area contributed by atoms with E-state index in [9.17, 15) is 5.11 Å². The molecule has 5 nitrogen and oxygen atoms in total. The molecule has 1 aliphatic rings. The highest BCUT2D eigenvalue weighted by Gasteiger charge is 2.21. The first-order valence-electron chi connectivity index (χ1n) is 7.85. The molecule has 4 rings (SSSR count). The molecule has 5 heteroatoms. The lowest BCUT2D eigenvalue weighted by Gasteiger charge is -2.18. The third-order valence-electron chi connectivity index (χ3n) is 4.26. The summed E-state index contributed by atoms with van der Waals surface area (Å²) in [6, 6.07) is 8.03. The lowest BCUT2D eigenvalue weighted by molar-refractivity contribution is 0.272. The van der Waals surface area contributed by atoms with Crippen molar-refractivity contribution >= 4 is 16.7 Å². The van der Waals surface area contributed by atoms with Crippen molar-refractivity contribution < 1.29 is 14.3 Å². The minimum atomic E-state index is 0.287. The van der Waals surface area contributed by atoms with Gasteiger partial charge in [0.15, 0.2) is 11.5 Å². The monoisotopic (exact) mass is 322 g/mol. The Labute approximate surface area is 139 Å². The summed E-state index contributed by atoms with van der Waals surface area (Å²) < 4.78 is 11.7. The Morgan fingerprint density at radius 2 is 2.12 bits per heavy atom. The first kappa shape index (κ1) is 14.6. The van der Waals surface area contributed by atoms with Crippen molar-refractivity contribution in [2.24, 2.45) is 0 Å². The van der Waals surface area contributed by atoms with Crippen molar-refractivity contribution in [3.63, 3.8) is 0 Å². The van der Waals surface area contributed by atoms with Crippen LogP contribution in [-0.2, 0) is 11.2 Å². The Kier molecular flexibility index (Phi) is 3.41. The number of fused-ring (bicyclic) bond motifs is 1. The number of aliphatic hydroxyl groups excluding tert-OH is 1. The number of rotatable bonds is 3. The Bertz CT molecular complexity index is 962. The molecule has 3 aromatic rings. The van der Waals surface area contributed by atoms with Crippen LogP contribution < -0.4 is 0 Å². The molecule has 3 heterocycles. The van der Waals surface area contributed by atoms with Gasteiger partial charge < -0.3 is 19.2 Å². The fourth-order valence-electron chi connectivity index (χ4n) is 2.94. The van der Waals surface area contributed by atoms with Gasteiger partial charge in [-0.15, -0.1) is 0 Å². The maximum atomic E-state index is 10.1. The summed E-state index contributed by atoms with van der Waals surface area (Å²) in [6.45, 7) is 4.07. The van der Waals surface area contributed by atoms with Crippen LogP contribution in [0.3, 0.4) is 0 Å². The largest absolute Gasteiger partial charge is 0.507 e. The van der Waals surface area contributed by atoms with Gasteiger partial charge in [0.1, 0.15) is 23.8 Å². The number of ether oxygens (including phenoxy) is 1. The summed E-state index contributed by atoms with van der Waals surface area (Å²) in [6.07, 6.45) is 4.31. The second-order valence-electron chi connectivity index (χ2n) is 6.07. The van der Waals surface area contributed by atoms with Crippen LogP contribution in [0, 0.1) is 0 Å². The van der Waals surface area contributed by atoms with Gasteiger partial charge in [-0.2, -0.15) is 0 Å². The van der Waals surface area contributed by atoms with Gasteiger partial charge in [-0.1, -0.05) is 6.07 Å². The van der Waals surface area contributed by atoms with Gasteiger partial charge in [0.2, 0.25) is 0 Å². The molecular formula is C19H18N2O3. The smallest absolute Gasteiger partial charge is 0.170 e. The Morgan fingerprint density at radius 3 is 2.92 bits per heavy atom. The van der Waals surface area contributed by atoms with Crippen LogP contribution in [0.25, 0.3) is 16.7 Å². The van der Waals surface area contributed by atoms with Gasteiger partial charge in [-0.3, -0.25) is 0 Å². The number of nitrogens with zero attached hydrogens (tertiary/aromatic N) is 1. The number of imidazole rings is 1. The predicted octanol–water partition coefficient (Wildman–Crippen LogP) is 4.34. The van der Waals surface area contributed by atoms with Gasteiger partial charge in [-0.25, -0.2) is 4.98 Å². The number of hydrogen-bond acceptors (Lipinski definition) is 4. The second-order valence-corrected chi connectivity index (χ2v) is 6.07. The first-order chi connectivity index (χ1) is 11.6. The Balaban J connectivity index is 1.71. The van der Waals surface area contributed by atoms with Crippen LogP contribution in [0.1, 0.15) is 31.0 Å². The summed E-state index contributed by atoms with van der Waals surface area (Å²) in [5, 5.41) is 11.1. The van der Waals surface area contributed by atoms with Gasteiger partial charge in [0, 0.05) is 35.3 Å². The molecule has 1 aromatic carbocycles. The van der Waals surface area contributed by atoms with Gasteiger partial charge in [0.25, 0.3) is 0 Å². The van der Waals surface area contributed by atoms with Crippen molar-refractivity contribution in [1.29, 1.82) is 0 Å². The number of benzene rings is 1. The average molecular weight is 322 g/mol. The zero-order chi connectivity index (χ0) is 16.7. The summed E-state index contributed by atoms with van der Waals surface area (Å²) in [4.78, 5) is 7.37. The maximum Gasteiger partial charge on any atom is 0.170 e. The average Bonchev–Trinajstić information content (AvgIpc) is 3.21. The van der Waals surface area contributed by atoms with Crippen LogP contribution in [0.5, 0.6) is 0 Å². The van der Waals surface area contributed by atoms with E-state index in [2.05, 4.69) is 16.0 Å². The van der Waals surface area contributed by atoms with E-state index in [0.29, 0.717) is 23.7 Å². The summed E-state index contributed by atoms with van der Waals surface area (Å²) in [5.74, 6) is 2.45. The molecule has 1 aliphatic heterocycles. The van der Waals surface area contributed by atoms with Crippen molar-refractivity contribution in [3.05, 3.63) is 70.7 Å². The maximum absolute atomic E-state index is 10.1. The number of nitrogens with one attached hydrogen (secondary N) is 1. The predicted molar refractivity (Wildman–Crippen MR) is 91.5 cm³/mol. The number of H-pyrrole nitrogens is 1. The molecule has 0 aliphatic carbocycles. The van der Waals surface area contributed by atoms with E-state index in [1.165, 1.54) is 0 Å². The third kappa shape index (κ3) is 2.48. The van der Waals surface area contributed by atoms with Gasteiger partial charge in [0.05, 0.1) is 0 Å². The molecule has 0 unspecified atom stereocenters. The summed E-state index contributed by atoms with van der Waals surface area (Å²) in [7, 11) is 0. The molecule has 0 saturated heterocycles. The number of hydrogen-bond donors (Lipinski definition) is 2. The van der Waals surface area contributed by atoms with E-state index in [1.54, 1.807) is 6.20 Å². The zero-order valence-corrected chi connectivity index (χ0v) is 13.6. The highest BCUT2D eigenvalue weighted by molar-refractivity contribution is 5.82. The van der Waals surface area contributed by atoms with Crippen molar-refractivity contribution in [1.82, 2.24) is 9.97 Å². The number of aromatic amines is 1. The van der Waals surface area contributed by atoms with Crippen LogP contribution >= 0.6 is 0 Å². The number of aromatic nitrogens is 2. The molecule has 0 fully saturated rings. The zero-order valence-electron chi connectivity index (χ0n) is 13.6. The lowest BCUT2D eigenvalue weighted by Crippen LogP contribution is -2.08. The minimum Gasteiger partial charge on any atom is -0.507 e. The standard InChI is InChI=1S/C19H18N2O3/c1-11-10-23-19(12(2)18(11)22)16-9-14-7-13(3-4-15(14)24-16)8-17-20-5-6-21-17/h3-7,9,22H,8,10H2,1-2H3,(H,20,21). The normalized spacial score (nSPS) is 15.2. The molecule has 24 heavy (non-hydrogen) atoms. The van der Waals surface area contributed by atoms with Crippen LogP contribution in [0.2, 0.25) is 0 Å². The highest BCUT2D eigenvalue weighted by Crippen LogP contribution is 2.33. The van der Waals surface area contributed by atoms with Crippen molar-refractivity contribution in [2.75, 3.05) is 6.61 Å². The number of aliphatic hydroxyl groups is 1. The fourth-order valence-corrected chi connectivity index (χ4v) is 2.94. The molecular weight excluding hydrogens is 304 g/mol. The second kappa shape index (κ2) is 5.60. The molecule has 0 bridgehead atoms. The molecule has 2 aromatic heterocycles. The minimum absolute atomic E-state index is 0.287. The quantitative estimate of drug-likeness (QED) is 0.752. The van der Waals surface area contributed by atoms with E-state index in [0.717, 1.165) is 34.4 Å². The Morgan fingerprint density at radius 1 is 1.25 bits per heavy atom. The van der Waals surface area contributed by atoms with Gasteiger partial charge in [-0.05, 0) is 37.6 Å². The number of furan rings is 1. The lowest BCUT2D eigenvalue weighted by atomic mass is 10.1. The van der Waals surface area contributed by atoms with E-state index in [1.807, 2.05) is 38.2 Å². The SMILES string of the molecule is CC1=C(O)C(C)=C(c2cc3cc(Cc4ncc[nH]4)ccc3o2)OC1. The number of allylic oxidation sites excluding steroid dienone is 1. The molecule has 122 valence electrons. The van der Waals surface area contributed by atoms with Crippen LogP contribution in [0.15, 0.2) is 58.0 Å². The molecule has 0 saturated carbocycles. The molecule has 0 spiro atoms. The molecule has 0 atom stereocenters. The summed E-state index contributed by atoms with van der Waals surface area (Å²) >= 11 is 0. The fraction of sp³-hybridized carbons (Fsp3) is 0.211. The van der Waals surface area contributed by atoms with Crippen LogP contribution in [-0.4, -0.2) is 21.7 Å². The molecule has 0 radical (unpaired) electrons. The third-order valence-corrected chi connectivity index (χ3v) is 4.26. The van der Waals surface area contributed by atoms with Crippen LogP contribution in [0.4, 0.5) is 0 Å². The van der Waals surface area contributed by atoms with Gasteiger partial charge >= 0.3 is 0 Å². The topological polar surface area (TPSA) is 71.3 Å². The van der Waals surface area contributed by atoms with E-state index in [-0.39, 0.29) is 5.76 Å². The van der Waals surface area contributed by atoms with E-state index >= 15 is 0 Å². The molecule has 2 N–H and O–H groups in total. The molecule has 0 amide bonds. The van der Waals surface area contributed by atoms with Crippen molar-refractivity contribution in [2.45, 2.75) is 20.3 Å². The summed E-state index contributed by atoms with van der Waals surface area (Å²) in [5.41, 5.74) is 3.48.